The van der Waals surface area contributed by atoms with Gasteiger partial charge in [0, 0.05) is 10.9 Å². The molecule has 0 N–H and O–H groups in total. The van der Waals surface area contributed by atoms with Crippen LogP contribution in [0.5, 0.6) is 0 Å². The van der Waals surface area contributed by atoms with Gasteiger partial charge in [-0.1, -0.05) is 48.5 Å². The van der Waals surface area contributed by atoms with Crippen LogP contribution in [-0.2, 0) is 6.54 Å². The number of furan rings is 1. The van der Waals surface area contributed by atoms with Gasteiger partial charge >= 0.3 is 0 Å². The molecular weight excluding hydrogens is 260 g/mol. The van der Waals surface area contributed by atoms with E-state index in [4.69, 9.17) is 9.52 Å². The molecule has 3 heteroatoms. The lowest BCUT2D eigenvalue weighted by Gasteiger charge is -2.03. The Labute approximate surface area is 122 Å². The fraction of sp³-hybridized carbons (Fsp3) is 0.0556. The zero-order chi connectivity index (χ0) is 14.1. The van der Waals surface area contributed by atoms with E-state index in [1.807, 2.05) is 28.9 Å². The monoisotopic (exact) mass is 274 g/mol. The van der Waals surface area contributed by atoms with Crippen molar-refractivity contribution in [2.24, 2.45) is 0 Å². The number of rotatable bonds is 3. The highest BCUT2D eigenvalue weighted by molar-refractivity contribution is 5.93. The van der Waals surface area contributed by atoms with E-state index in [2.05, 4.69) is 36.4 Å². The molecule has 0 aliphatic rings. The highest BCUT2D eigenvalue weighted by atomic mass is 16.3. The standard InChI is InChI=1S/C18H14N2O/c1-2-6-14(7-3-1)12-20-17-9-5-4-8-16(17)18(19-20)15-10-11-21-13-15/h1-11,13H,12H2. The number of fused-ring (bicyclic) bond motifs is 1. The van der Waals surface area contributed by atoms with Crippen LogP contribution in [0.15, 0.2) is 77.6 Å². The van der Waals surface area contributed by atoms with Crippen molar-refractivity contribution in [3.63, 3.8) is 0 Å². The summed E-state index contributed by atoms with van der Waals surface area (Å²) in [6, 6.07) is 20.6. The number of hydrogen-bond donors (Lipinski definition) is 0. The van der Waals surface area contributed by atoms with Crippen LogP contribution in [0.25, 0.3) is 22.2 Å². The molecule has 2 aromatic carbocycles. The molecule has 0 saturated carbocycles. The summed E-state index contributed by atoms with van der Waals surface area (Å²) in [5.41, 5.74) is 4.36. The van der Waals surface area contributed by atoms with Crippen molar-refractivity contribution in [1.29, 1.82) is 0 Å². The van der Waals surface area contributed by atoms with Crippen LogP contribution < -0.4 is 0 Å². The second-order valence-electron chi connectivity index (χ2n) is 5.02. The van der Waals surface area contributed by atoms with Crippen LogP contribution >= 0.6 is 0 Å². The van der Waals surface area contributed by atoms with Gasteiger partial charge in [0.2, 0.25) is 0 Å². The molecule has 102 valence electrons. The third kappa shape index (κ3) is 2.13. The summed E-state index contributed by atoms with van der Waals surface area (Å²) in [5, 5.41) is 5.93. The number of hydrogen-bond acceptors (Lipinski definition) is 2. The van der Waals surface area contributed by atoms with Crippen molar-refractivity contribution < 1.29 is 4.42 Å². The summed E-state index contributed by atoms with van der Waals surface area (Å²) < 4.78 is 7.24. The Kier molecular flexibility index (Phi) is 2.82. The number of nitrogens with zero attached hydrogens (tertiary/aromatic N) is 2. The van der Waals surface area contributed by atoms with E-state index in [1.54, 1.807) is 12.5 Å². The molecule has 0 spiro atoms. The van der Waals surface area contributed by atoms with Crippen molar-refractivity contribution in [2.75, 3.05) is 0 Å². The molecule has 0 aliphatic carbocycles. The smallest absolute Gasteiger partial charge is 0.103 e. The molecule has 0 bridgehead atoms. The minimum Gasteiger partial charge on any atom is -0.472 e. The molecule has 0 unspecified atom stereocenters. The molecule has 0 atom stereocenters. The highest BCUT2D eigenvalue weighted by Crippen LogP contribution is 2.28. The number of benzene rings is 2. The van der Waals surface area contributed by atoms with Crippen LogP contribution in [0, 0.1) is 0 Å². The molecule has 4 rings (SSSR count). The molecular formula is C18H14N2O. The van der Waals surface area contributed by atoms with Crippen LogP contribution in [0.4, 0.5) is 0 Å². The average molecular weight is 274 g/mol. The minimum absolute atomic E-state index is 0.763. The predicted molar refractivity (Wildman–Crippen MR) is 83.0 cm³/mol. The predicted octanol–water partition coefficient (Wildman–Crippen LogP) is 4.34. The van der Waals surface area contributed by atoms with E-state index in [-0.39, 0.29) is 0 Å². The van der Waals surface area contributed by atoms with Crippen LogP contribution in [-0.4, -0.2) is 9.78 Å². The van der Waals surface area contributed by atoms with Crippen molar-refractivity contribution in [3.05, 3.63) is 78.8 Å². The Bertz CT molecular complexity index is 861. The number of aromatic nitrogens is 2. The van der Waals surface area contributed by atoms with Crippen molar-refractivity contribution >= 4 is 10.9 Å². The molecule has 0 amide bonds. The first-order valence-electron chi connectivity index (χ1n) is 6.94. The Morgan fingerprint density at radius 3 is 2.52 bits per heavy atom. The van der Waals surface area contributed by atoms with Crippen molar-refractivity contribution in [1.82, 2.24) is 9.78 Å². The van der Waals surface area contributed by atoms with Gasteiger partial charge in [-0.2, -0.15) is 5.10 Å². The first-order valence-corrected chi connectivity index (χ1v) is 6.94. The van der Waals surface area contributed by atoms with E-state index < -0.39 is 0 Å². The fourth-order valence-corrected chi connectivity index (χ4v) is 2.62. The quantitative estimate of drug-likeness (QED) is 0.556. The van der Waals surface area contributed by atoms with Gasteiger partial charge in [0.25, 0.3) is 0 Å². The van der Waals surface area contributed by atoms with Crippen LogP contribution in [0.1, 0.15) is 5.56 Å². The zero-order valence-corrected chi connectivity index (χ0v) is 11.4. The van der Waals surface area contributed by atoms with E-state index in [1.165, 1.54) is 5.56 Å². The molecule has 0 saturated heterocycles. The van der Waals surface area contributed by atoms with Gasteiger partial charge in [0.1, 0.15) is 5.69 Å². The van der Waals surface area contributed by atoms with Gasteiger partial charge in [0.05, 0.1) is 24.6 Å². The van der Waals surface area contributed by atoms with Gasteiger partial charge in [-0.05, 0) is 17.7 Å². The lowest BCUT2D eigenvalue weighted by molar-refractivity contribution is 0.568. The maximum Gasteiger partial charge on any atom is 0.103 e. The molecule has 0 fully saturated rings. The van der Waals surface area contributed by atoms with Gasteiger partial charge in [0.15, 0.2) is 0 Å². The summed E-state index contributed by atoms with van der Waals surface area (Å²) in [5.74, 6) is 0. The summed E-state index contributed by atoms with van der Waals surface area (Å²) in [6.07, 6.45) is 3.42. The average Bonchev–Trinajstić information content (AvgIpc) is 3.17. The molecule has 2 aromatic heterocycles. The van der Waals surface area contributed by atoms with E-state index in [9.17, 15) is 0 Å². The molecule has 3 nitrogen and oxygen atoms in total. The van der Waals surface area contributed by atoms with Crippen molar-refractivity contribution in [3.8, 4) is 11.3 Å². The third-order valence-electron chi connectivity index (χ3n) is 3.63. The molecule has 0 radical (unpaired) electrons. The van der Waals surface area contributed by atoms with Crippen molar-refractivity contribution in [2.45, 2.75) is 6.54 Å². The first kappa shape index (κ1) is 12.0. The minimum atomic E-state index is 0.763. The molecule has 2 heterocycles. The SMILES string of the molecule is c1ccc(Cn2nc(-c3ccoc3)c3ccccc32)cc1. The van der Waals surface area contributed by atoms with Gasteiger partial charge in [-0.15, -0.1) is 0 Å². The second-order valence-corrected chi connectivity index (χ2v) is 5.02. The van der Waals surface area contributed by atoms with Crippen LogP contribution in [0.2, 0.25) is 0 Å². The maximum absolute atomic E-state index is 5.20. The molecule has 4 aromatic rings. The van der Waals surface area contributed by atoms with Crippen LogP contribution in [0.3, 0.4) is 0 Å². The highest BCUT2D eigenvalue weighted by Gasteiger charge is 2.12. The lowest BCUT2D eigenvalue weighted by Crippen LogP contribution is -2.01. The zero-order valence-electron chi connectivity index (χ0n) is 11.4. The maximum atomic E-state index is 5.20. The van der Waals surface area contributed by atoms with E-state index in [0.717, 1.165) is 28.7 Å². The van der Waals surface area contributed by atoms with Gasteiger partial charge in [-0.3, -0.25) is 4.68 Å². The second kappa shape index (κ2) is 4.94. The first-order chi connectivity index (χ1) is 10.4. The Hall–Kier alpha value is -2.81. The normalized spacial score (nSPS) is 11.0. The van der Waals surface area contributed by atoms with E-state index >= 15 is 0 Å². The summed E-state index contributed by atoms with van der Waals surface area (Å²) >= 11 is 0. The van der Waals surface area contributed by atoms with Gasteiger partial charge in [-0.25, -0.2) is 0 Å². The lowest BCUT2D eigenvalue weighted by atomic mass is 10.1. The summed E-state index contributed by atoms with van der Waals surface area (Å²) in [7, 11) is 0. The Balaban J connectivity index is 1.86. The fourth-order valence-electron chi connectivity index (χ4n) is 2.62. The molecule has 0 aliphatic heterocycles. The largest absolute Gasteiger partial charge is 0.472 e. The summed E-state index contributed by atoms with van der Waals surface area (Å²) in [6.45, 7) is 0.763. The topological polar surface area (TPSA) is 31.0 Å². The van der Waals surface area contributed by atoms with E-state index in [0.29, 0.717) is 0 Å². The van der Waals surface area contributed by atoms with Gasteiger partial charge < -0.3 is 4.42 Å². The Morgan fingerprint density at radius 1 is 0.905 bits per heavy atom. The third-order valence-corrected chi connectivity index (χ3v) is 3.63. The number of para-hydroxylation sites is 1. The summed E-state index contributed by atoms with van der Waals surface area (Å²) in [4.78, 5) is 0. The Morgan fingerprint density at radius 2 is 1.71 bits per heavy atom. The molecule has 21 heavy (non-hydrogen) atoms.